The Kier molecular flexibility index (Phi) is 5.79. The highest BCUT2D eigenvalue weighted by atomic mass is 35.5. The van der Waals surface area contributed by atoms with Gasteiger partial charge in [0, 0.05) is 29.7 Å². The average Bonchev–Trinajstić information content (AvgIpc) is 3.23. The molecule has 5 rings (SSSR count). The highest BCUT2D eigenvalue weighted by Crippen LogP contribution is 2.26. The fourth-order valence-corrected chi connectivity index (χ4v) is 4.33. The van der Waals surface area contributed by atoms with Crippen LogP contribution in [0.3, 0.4) is 0 Å². The summed E-state index contributed by atoms with van der Waals surface area (Å²) in [4.78, 5) is 18.2. The van der Waals surface area contributed by atoms with E-state index in [1.54, 1.807) is 19.8 Å². The van der Waals surface area contributed by atoms with Crippen LogP contribution in [0.1, 0.15) is 17.0 Å². The summed E-state index contributed by atoms with van der Waals surface area (Å²) in [7, 11) is 1.66. The van der Waals surface area contributed by atoms with Gasteiger partial charge in [-0.2, -0.15) is 0 Å². The summed E-state index contributed by atoms with van der Waals surface area (Å²) in [5.41, 5.74) is 4.62. The van der Waals surface area contributed by atoms with Crippen molar-refractivity contribution in [3.8, 4) is 5.75 Å². The zero-order valence-electron chi connectivity index (χ0n) is 18.4. The van der Waals surface area contributed by atoms with Crippen molar-refractivity contribution in [3.63, 3.8) is 0 Å². The lowest BCUT2D eigenvalue weighted by Gasteiger charge is -2.09. The molecule has 0 radical (unpaired) electrons. The molecule has 33 heavy (non-hydrogen) atoms. The topological polar surface area (TPSA) is 77.8 Å². The second-order valence-corrected chi connectivity index (χ2v) is 8.24. The number of nitrogens with one attached hydrogen (secondary N) is 1. The number of ether oxygens (including phenoxy) is 1. The standard InChI is InChI=1S/C25H23ClN6O/c1-16-22-18(4-3-5-21(22)26)12-19(31-16)10-11-27-24-23-25(29-14-28-24)32(15-30-23)13-17-6-8-20(33-2)9-7-17/h3-9,12,14-15H,10-11,13H2,1-2H3,(H,27,28,29). The summed E-state index contributed by atoms with van der Waals surface area (Å²) in [6.07, 6.45) is 4.12. The second-order valence-electron chi connectivity index (χ2n) is 7.83. The summed E-state index contributed by atoms with van der Waals surface area (Å²) < 4.78 is 7.25. The molecule has 7 nitrogen and oxygen atoms in total. The Hall–Kier alpha value is -3.71. The molecule has 0 atom stereocenters. The molecule has 3 heterocycles. The third-order valence-electron chi connectivity index (χ3n) is 5.63. The van der Waals surface area contributed by atoms with Crippen LogP contribution in [0.2, 0.25) is 5.02 Å². The number of benzene rings is 2. The number of methoxy groups -OCH3 is 1. The van der Waals surface area contributed by atoms with E-state index in [0.717, 1.165) is 56.1 Å². The number of nitrogens with zero attached hydrogens (tertiary/aromatic N) is 5. The first-order valence-electron chi connectivity index (χ1n) is 10.7. The lowest BCUT2D eigenvalue weighted by molar-refractivity contribution is 0.414. The molecule has 5 aromatic rings. The molecule has 0 aliphatic carbocycles. The first kappa shape index (κ1) is 21.2. The molecule has 166 valence electrons. The van der Waals surface area contributed by atoms with Gasteiger partial charge >= 0.3 is 0 Å². The number of anilines is 1. The van der Waals surface area contributed by atoms with Crippen LogP contribution in [0.5, 0.6) is 5.75 Å². The number of halogens is 1. The Morgan fingerprint density at radius 2 is 1.91 bits per heavy atom. The number of imidazole rings is 1. The Morgan fingerprint density at radius 1 is 1.06 bits per heavy atom. The summed E-state index contributed by atoms with van der Waals surface area (Å²) in [5, 5.41) is 6.24. The zero-order chi connectivity index (χ0) is 22.8. The molecule has 0 bridgehead atoms. The van der Waals surface area contributed by atoms with Crippen LogP contribution < -0.4 is 10.1 Å². The van der Waals surface area contributed by atoms with Gasteiger partial charge in [0.2, 0.25) is 0 Å². The maximum Gasteiger partial charge on any atom is 0.165 e. The predicted octanol–water partition coefficient (Wildman–Crippen LogP) is 5.05. The van der Waals surface area contributed by atoms with E-state index in [1.807, 2.05) is 47.9 Å². The van der Waals surface area contributed by atoms with Gasteiger partial charge in [-0.25, -0.2) is 15.0 Å². The molecule has 1 N–H and O–H groups in total. The monoisotopic (exact) mass is 458 g/mol. The lowest BCUT2D eigenvalue weighted by atomic mass is 10.1. The van der Waals surface area contributed by atoms with Gasteiger partial charge in [0.05, 0.1) is 25.0 Å². The van der Waals surface area contributed by atoms with Crippen molar-refractivity contribution < 1.29 is 4.74 Å². The van der Waals surface area contributed by atoms with Gasteiger partial charge < -0.3 is 14.6 Å². The maximum absolute atomic E-state index is 6.34. The van der Waals surface area contributed by atoms with Crippen LogP contribution >= 0.6 is 11.6 Å². The number of fused-ring (bicyclic) bond motifs is 2. The van der Waals surface area contributed by atoms with E-state index in [-0.39, 0.29) is 0 Å². The Balaban J connectivity index is 1.31. The molecule has 0 spiro atoms. The molecular weight excluding hydrogens is 436 g/mol. The fourth-order valence-electron chi connectivity index (χ4n) is 4.02. The lowest BCUT2D eigenvalue weighted by Crippen LogP contribution is -2.09. The van der Waals surface area contributed by atoms with Crippen molar-refractivity contribution in [1.82, 2.24) is 24.5 Å². The molecule has 0 aliphatic heterocycles. The van der Waals surface area contributed by atoms with Gasteiger partial charge in [0.1, 0.15) is 17.6 Å². The minimum Gasteiger partial charge on any atom is -0.497 e. The minimum absolute atomic E-state index is 0.666. The predicted molar refractivity (Wildman–Crippen MR) is 131 cm³/mol. The van der Waals surface area contributed by atoms with E-state index in [2.05, 4.69) is 32.4 Å². The van der Waals surface area contributed by atoms with E-state index in [0.29, 0.717) is 18.9 Å². The van der Waals surface area contributed by atoms with Gasteiger partial charge in [-0.05, 0) is 42.1 Å². The van der Waals surface area contributed by atoms with Crippen LogP contribution in [-0.2, 0) is 13.0 Å². The van der Waals surface area contributed by atoms with Gasteiger partial charge in [-0.15, -0.1) is 0 Å². The largest absolute Gasteiger partial charge is 0.497 e. The molecule has 0 aliphatic rings. The third kappa shape index (κ3) is 4.32. The first-order valence-corrected chi connectivity index (χ1v) is 11.1. The second kappa shape index (κ2) is 9.03. The van der Waals surface area contributed by atoms with Crippen molar-refractivity contribution in [3.05, 3.63) is 83.2 Å². The van der Waals surface area contributed by atoms with Gasteiger partial charge in [-0.1, -0.05) is 35.9 Å². The molecule has 0 saturated carbocycles. The highest BCUT2D eigenvalue weighted by molar-refractivity contribution is 6.35. The fraction of sp³-hybridized carbons (Fsp3) is 0.200. The summed E-state index contributed by atoms with van der Waals surface area (Å²) in [6, 6.07) is 16.0. The van der Waals surface area contributed by atoms with Gasteiger partial charge in [0.15, 0.2) is 11.5 Å². The van der Waals surface area contributed by atoms with Crippen LogP contribution in [0.25, 0.3) is 21.9 Å². The van der Waals surface area contributed by atoms with E-state index in [9.17, 15) is 0 Å². The van der Waals surface area contributed by atoms with Crippen molar-refractivity contribution in [2.24, 2.45) is 0 Å². The summed E-state index contributed by atoms with van der Waals surface area (Å²) >= 11 is 6.34. The van der Waals surface area contributed by atoms with Crippen LogP contribution in [-0.4, -0.2) is 38.2 Å². The van der Waals surface area contributed by atoms with Crippen LogP contribution in [0.4, 0.5) is 5.82 Å². The molecule has 8 heteroatoms. The molecule has 0 saturated heterocycles. The minimum atomic E-state index is 0.666. The van der Waals surface area contributed by atoms with E-state index in [1.165, 1.54) is 0 Å². The highest BCUT2D eigenvalue weighted by Gasteiger charge is 2.11. The SMILES string of the molecule is COc1ccc(Cn2cnc3c(NCCc4cc5cccc(Cl)c5c(C)n4)ncnc32)cc1. The number of hydrogen-bond acceptors (Lipinski definition) is 6. The molecule has 2 aromatic carbocycles. The van der Waals surface area contributed by atoms with Crippen molar-refractivity contribution in [2.75, 3.05) is 19.0 Å². The van der Waals surface area contributed by atoms with E-state index >= 15 is 0 Å². The number of aryl methyl sites for hydroxylation is 1. The molecule has 3 aromatic heterocycles. The Labute approximate surface area is 196 Å². The average molecular weight is 459 g/mol. The van der Waals surface area contributed by atoms with E-state index in [4.69, 9.17) is 21.3 Å². The number of aromatic nitrogens is 5. The van der Waals surface area contributed by atoms with Crippen LogP contribution in [0, 0.1) is 6.92 Å². The third-order valence-corrected chi connectivity index (χ3v) is 5.94. The number of rotatable bonds is 7. The zero-order valence-corrected chi connectivity index (χ0v) is 19.2. The number of hydrogen-bond donors (Lipinski definition) is 1. The van der Waals surface area contributed by atoms with Gasteiger partial charge in [0.25, 0.3) is 0 Å². The molecule has 0 amide bonds. The quantitative estimate of drug-likeness (QED) is 0.368. The normalized spacial score (nSPS) is 11.2. The summed E-state index contributed by atoms with van der Waals surface area (Å²) in [6.45, 7) is 3.34. The van der Waals surface area contributed by atoms with Crippen molar-refractivity contribution >= 4 is 39.4 Å². The number of pyridine rings is 1. The maximum atomic E-state index is 6.34. The van der Waals surface area contributed by atoms with Crippen LogP contribution in [0.15, 0.2) is 61.2 Å². The van der Waals surface area contributed by atoms with Crippen molar-refractivity contribution in [1.29, 1.82) is 0 Å². The smallest absolute Gasteiger partial charge is 0.165 e. The molecular formula is C25H23ClN6O. The summed E-state index contributed by atoms with van der Waals surface area (Å²) in [5.74, 6) is 1.55. The van der Waals surface area contributed by atoms with Crippen molar-refractivity contribution in [2.45, 2.75) is 19.9 Å². The Morgan fingerprint density at radius 3 is 2.73 bits per heavy atom. The van der Waals surface area contributed by atoms with E-state index < -0.39 is 0 Å². The molecule has 0 fully saturated rings. The first-order chi connectivity index (χ1) is 16.1. The molecule has 0 unspecified atom stereocenters. The Bertz CT molecular complexity index is 1430. The van der Waals surface area contributed by atoms with Gasteiger partial charge in [-0.3, -0.25) is 4.98 Å².